The molecule has 0 unspecified atom stereocenters. The molecule has 1 saturated heterocycles. The second-order valence-electron chi connectivity index (χ2n) is 6.81. The molecule has 0 radical (unpaired) electrons. The van der Waals surface area contributed by atoms with E-state index in [0.717, 1.165) is 36.8 Å². The molecule has 1 N–H and O–H groups in total. The van der Waals surface area contributed by atoms with Gasteiger partial charge in [-0.15, -0.1) is 0 Å². The quantitative estimate of drug-likeness (QED) is 0.674. The minimum Gasteiger partial charge on any atom is -0.484 e. The summed E-state index contributed by atoms with van der Waals surface area (Å²) >= 11 is 0. The zero-order valence-corrected chi connectivity index (χ0v) is 15.6. The third-order valence-electron chi connectivity index (χ3n) is 4.75. The highest BCUT2D eigenvalue weighted by atomic mass is 16.5. The third-order valence-corrected chi connectivity index (χ3v) is 4.75. The molecule has 1 aliphatic heterocycles. The van der Waals surface area contributed by atoms with Crippen molar-refractivity contribution in [1.29, 1.82) is 0 Å². The molecule has 7 heteroatoms. The molecule has 1 aromatic carbocycles. The van der Waals surface area contributed by atoms with Gasteiger partial charge in [0.15, 0.2) is 12.3 Å². The van der Waals surface area contributed by atoms with Crippen LogP contribution in [-0.4, -0.2) is 35.1 Å². The Morgan fingerprint density at radius 2 is 2.25 bits per heavy atom. The lowest BCUT2D eigenvalue weighted by molar-refractivity contribution is 0.0117. The van der Waals surface area contributed by atoms with E-state index in [0.29, 0.717) is 18.2 Å². The number of amides is 1. The molecule has 1 amide bonds. The van der Waals surface area contributed by atoms with E-state index in [1.54, 1.807) is 6.20 Å². The Balaban J connectivity index is 1.26. The van der Waals surface area contributed by atoms with Gasteiger partial charge >= 0.3 is 0 Å². The number of pyridine rings is 1. The van der Waals surface area contributed by atoms with Crippen LogP contribution in [0.5, 0.6) is 5.75 Å². The number of oxazole rings is 1. The van der Waals surface area contributed by atoms with E-state index >= 15 is 0 Å². The molecule has 7 nitrogen and oxygen atoms in total. The second kappa shape index (κ2) is 8.84. The molecule has 0 aliphatic carbocycles. The number of nitrogens with zero attached hydrogens (tertiary/aromatic N) is 2. The first-order valence-corrected chi connectivity index (χ1v) is 9.60. The molecule has 0 bridgehead atoms. The highest BCUT2D eigenvalue weighted by molar-refractivity contribution is 5.91. The zero-order chi connectivity index (χ0) is 19.2. The second-order valence-corrected chi connectivity index (χ2v) is 6.81. The maximum absolute atomic E-state index is 12.2. The highest BCUT2D eigenvalue weighted by Gasteiger charge is 2.16. The first-order valence-electron chi connectivity index (χ1n) is 9.60. The van der Waals surface area contributed by atoms with Crippen LogP contribution < -0.4 is 10.1 Å². The standard InChI is InChI=1S/C21H23N3O4/c25-21(23-10-8-16-5-1-2-11-26-16)19-13-28-20(24-19)14-27-17-6-7-18-15(12-17)4-3-9-22-18/h3-4,6-7,9,12-13,16H,1-2,5,8,10-11,14H2,(H,23,25)/t16-/m0/s1. The van der Waals surface area contributed by atoms with Gasteiger partial charge in [-0.2, -0.15) is 0 Å². The Morgan fingerprint density at radius 1 is 1.29 bits per heavy atom. The van der Waals surface area contributed by atoms with Crippen molar-refractivity contribution in [2.45, 2.75) is 38.4 Å². The maximum atomic E-state index is 12.2. The van der Waals surface area contributed by atoms with Crippen LogP contribution >= 0.6 is 0 Å². The van der Waals surface area contributed by atoms with Gasteiger partial charge < -0.3 is 19.2 Å². The van der Waals surface area contributed by atoms with Crippen LogP contribution in [-0.2, 0) is 11.3 Å². The van der Waals surface area contributed by atoms with Crippen molar-refractivity contribution < 1.29 is 18.7 Å². The fourth-order valence-electron chi connectivity index (χ4n) is 3.24. The molecule has 3 heterocycles. The number of fused-ring (bicyclic) bond motifs is 1. The lowest BCUT2D eigenvalue weighted by Gasteiger charge is -2.22. The van der Waals surface area contributed by atoms with Crippen molar-refractivity contribution >= 4 is 16.8 Å². The van der Waals surface area contributed by atoms with E-state index in [9.17, 15) is 4.79 Å². The average Bonchev–Trinajstić information content (AvgIpc) is 3.22. The van der Waals surface area contributed by atoms with Crippen molar-refractivity contribution in [3.05, 3.63) is 54.4 Å². The van der Waals surface area contributed by atoms with Gasteiger partial charge in [0.25, 0.3) is 5.91 Å². The van der Waals surface area contributed by atoms with Crippen molar-refractivity contribution in [2.75, 3.05) is 13.2 Å². The number of carbonyl (C=O) groups is 1. The van der Waals surface area contributed by atoms with Gasteiger partial charge in [0.1, 0.15) is 12.0 Å². The number of aromatic nitrogens is 2. The number of hydrogen-bond donors (Lipinski definition) is 1. The topological polar surface area (TPSA) is 86.5 Å². The van der Waals surface area contributed by atoms with Crippen molar-refractivity contribution in [3.8, 4) is 5.75 Å². The van der Waals surface area contributed by atoms with Crippen LogP contribution in [0.4, 0.5) is 0 Å². The molecule has 0 spiro atoms. The van der Waals surface area contributed by atoms with E-state index in [-0.39, 0.29) is 24.3 Å². The Labute approximate surface area is 163 Å². The van der Waals surface area contributed by atoms with Crippen molar-refractivity contribution in [2.24, 2.45) is 0 Å². The largest absolute Gasteiger partial charge is 0.484 e. The number of nitrogens with one attached hydrogen (secondary N) is 1. The van der Waals surface area contributed by atoms with E-state index in [1.165, 1.54) is 12.7 Å². The molecule has 146 valence electrons. The fourth-order valence-corrected chi connectivity index (χ4v) is 3.24. The third kappa shape index (κ3) is 4.67. The Morgan fingerprint density at radius 3 is 3.14 bits per heavy atom. The van der Waals surface area contributed by atoms with E-state index in [4.69, 9.17) is 13.9 Å². The van der Waals surface area contributed by atoms with Gasteiger partial charge in [0.2, 0.25) is 5.89 Å². The molecule has 4 rings (SSSR count). The number of ether oxygens (including phenoxy) is 2. The SMILES string of the molecule is O=C(NCC[C@@H]1CCCCO1)c1coc(COc2ccc3ncccc3c2)n1. The molecule has 1 atom stereocenters. The van der Waals surface area contributed by atoms with Crippen LogP contribution in [0, 0.1) is 0 Å². The van der Waals surface area contributed by atoms with Gasteiger partial charge in [-0.3, -0.25) is 9.78 Å². The molecule has 1 fully saturated rings. The molecule has 0 saturated carbocycles. The summed E-state index contributed by atoms with van der Waals surface area (Å²) in [5, 5.41) is 3.86. The first-order chi connectivity index (χ1) is 13.8. The van der Waals surface area contributed by atoms with Crippen molar-refractivity contribution in [1.82, 2.24) is 15.3 Å². The number of rotatable bonds is 7. The molecule has 3 aromatic rings. The highest BCUT2D eigenvalue weighted by Crippen LogP contribution is 2.20. The first kappa shape index (κ1) is 18.4. The minimum atomic E-state index is -0.248. The van der Waals surface area contributed by atoms with Gasteiger partial charge in [-0.05, 0) is 49.9 Å². The lowest BCUT2D eigenvalue weighted by atomic mass is 10.1. The van der Waals surface area contributed by atoms with Gasteiger partial charge in [0.05, 0.1) is 11.6 Å². The normalized spacial score (nSPS) is 16.8. The van der Waals surface area contributed by atoms with Crippen LogP contribution in [0.15, 0.2) is 47.2 Å². The average molecular weight is 381 g/mol. The summed E-state index contributed by atoms with van der Waals surface area (Å²) in [6, 6.07) is 9.51. The summed E-state index contributed by atoms with van der Waals surface area (Å²) in [7, 11) is 0. The van der Waals surface area contributed by atoms with Gasteiger partial charge in [-0.1, -0.05) is 6.07 Å². The summed E-state index contributed by atoms with van der Waals surface area (Å²) in [4.78, 5) is 20.7. The fraction of sp³-hybridized carbons (Fsp3) is 0.381. The molecular formula is C21H23N3O4. The number of benzene rings is 1. The smallest absolute Gasteiger partial charge is 0.273 e. The Bertz CT molecular complexity index is 934. The maximum Gasteiger partial charge on any atom is 0.273 e. The minimum absolute atomic E-state index is 0.148. The Hall–Kier alpha value is -2.93. The van der Waals surface area contributed by atoms with Gasteiger partial charge in [-0.25, -0.2) is 4.98 Å². The monoisotopic (exact) mass is 381 g/mol. The zero-order valence-electron chi connectivity index (χ0n) is 15.6. The van der Waals surface area contributed by atoms with Crippen LogP contribution in [0.3, 0.4) is 0 Å². The Kier molecular flexibility index (Phi) is 5.82. The van der Waals surface area contributed by atoms with Crippen molar-refractivity contribution in [3.63, 3.8) is 0 Å². The van der Waals surface area contributed by atoms with E-state index < -0.39 is 0 Å². The summed E-state index contributed by atoms with van der Waals surface area (Å²) in [5.41, 5.74) is 1.16. The van der Waals surface area contributed by atoms with Crippen LogP contribution in [0.2, 0.25) is 0 Å². The predicted octanol–water partition coefficient (Wildman–Crippen LogP) is 3.49. The van der Waals surface area contributed by atoms with Gasteiger partial charge in [0, 0.05) is 24.7 Å². The van der Waals surface area contributed by atoms with Crippen LogP contribution in [0.1, 0.15) is 42.1 Å². The van der Waals surface area contributed by atoms with Crippen LogP contribution in [0.25, 0.3) is 10.9 Å². The summed E-state index contributed by atoms with van der Waals surface area (Å²) in [6.45, 7) is 1.53. The molecular weight excluding hydrogens is 358 g/mol. The summed E-state index contributed by atoms with van der Waals surface area (Å²) in [5.74, 6) is 0.798. The summed E-state index contributed by atoms with van der Waals surface area (Å²) in [6.07, 6.45) is 7.55. The van der Waals surface area contributed by atoms with E-state index in [1.807, 2.05) is 30.3 Å². The molecule has 2 aromatic heterocycles. The predicted molar refractivity (Wildman–Crippen MR) is 103 cm³/mol. The summed E-state index contributed by atoms with van der Waals surface area (Å²) < 4.78 is 16.7. The molecule has 28 heavy (non-hydrogen) atoms. The molecule has 1 aliphatic rings. The number of carbonyl (C=O) groups excluding carboxylic acids is 1. The number of hydrogen-bond acceptors (Lipinski definition) is 6. The van der Waals surface area contributed by atoms with E-state index in [2.05, 4.69) is 15.3 Å². The lowest BCUT2D eigenvalue weighted by Crippen LogP contribution is -2.29.